The highest BCUT2D eigenvalue weighted by atomic mass is 32.1. The minimum atomic E-state index is -0.605. The number of benzene rings is 1. The number of nitrogens with zero attached hydrogens (tertiary/aromatic N) is 2. The third kappa shape index (κ3) is 6.07. The molecule has 0 aliphatic carbocycles. The number of hydrogen-bond acceptors (Lipinski definition) is 6. The van der Waals surface area contributed by atoms with Crippen LogP contribution in [0.4, 0.5) is 0 Å². The van der Waals surface area contributed by atoms with E-state index in [0.29, 0.717) is 26.2 Å². The van der Waals surface area contributed by atoms with Crippen LogP contribution in [-0.2, 0) is 16.0 Å². The smallest absolute Gasteiger partial charge is 0.237 e. The Morgan fingerprint density at radius 2 is 2.16 bits per heavy atom. The van der Waals surface area contributed by atoms with Crippen molar-refractivity contribution in [1.29, 1.82) is 0 Å². The Morgan fingerprint density at radius 3 is 2.87 bits per heavy atom. The zero-order valence-corrected chi connectivity index (χ0v) is 19.8. The summed E-state index contributed by atoms with van der Waals surface area (Å²) in [5.74, 6) is 0.927. The van der Waals surface area contributed by atoms with E-state index in [4.69, 9.17) is 9.47 Å². The monoisotopic (exact) mass is 446 g/mol. The van der Waals surface area contributed by atoms with Crippen LogP contribution in [0.3, 0.4) is 0 Å². The van der Waals surface area contributed by atoms with Crippen molar-refractivity contribution in [3.8, 4) is 5.75 Å². The molecule has 0 saturated heterocycles. The summed E-state index contributed by atoms with van der Waals surface area (Å²) in [6.45, 7) is 8.87. The lowest BCUT2D eigenvalue weighted by molar-refractivity contribution is -0.136. The third-order valence-electron chi connectivity index (χ3n) is 5.78. The SMILES string of the molecule is CCN(CC(=O)N1CCc2sccc2[C@H]1COc1ccc(C)cc1C)C[C@@H](O)COC. The predicted molar refractivity (Wildman–Crippen MR) is 124 cm³/mol. The summed E-state index contributed by atoms with van der Waals surface area (Å²) >= 11 is 1.75. The maximum atomic E-state index is 13.3. The molecule has 7 heteroatoms. The molecular weight excluding hydrogens is 412 g/mol. The van der Waals surface area contributed by atoms with E-state index >= 15 is 0 Å². The Bertz CT molecular complexity index is 869. The zero-order valence-electron chi connectivity index (χ0n) is 19.0. The highest BCUT2D eigenvalue weighted by Crippen LogP contribution is 2.34. The second-order valence-corrected chi connectivity index (χ2v) is 9.17. The molecule has 3 rings (SSSR count). The van der Waals surface area contributed by atoms with Gasteiger partial charge in [0.1, 0.15) is 12.4 Å². The molecule has 0 bridgehead atoms. The van der Waals surface area contributed by atoms with Crippen molar-refractivity contribution in [3.05, 3.63) is 51.2 Å². The van der Waals surface area contributed by atoms with Gasteiger partial charge in [0.05, 0.1) is 25.3 Å². The maximum absolute atomic E-state index is 13.3. The molecule has 0 spiro atoms. The standard InChI is InChI=1S/C24H34N2O4S/c1-5-25(13-19(27)15-29-4)14-24(28)26-10-8-23-20(9-11-31-23)21(26)16-30-22-7-6-17(2)12-18(22)3/h6-7,9,11-12,19,21,27H,5,8,10,13-16H2,1-4H3/t19-,21-/m1/s1. The summed E-state index contributed by atoms with van der Waals surface area (Å²) in [5, 5.41) is 12.2. The largest absolute Gasteiger partial charge is 0.491 e. The van der Waals surface area contributed by atoms with E-state index in [0.717, 1.165) is 17.7 Å². The first-order valence-electron chi connectivity index (χ1n) is 10.9. The minimum Gasteiger partial charge on any atom is -0.491 e. The quantitative estimate of drug-likeness (QED) is 0.607. The fraction of sp³-hybridized carbons (Fsp3) is 0.542. The summed E-state index contributed by atoms with van der Waals surface area (Å²) in [5.41, 5.74) is 3.50. The fourth-order valence-corrected chi connectivity index (χ4v) is 5.06. The Morgan fingerprint density at radius 1 is 1.35 bits per heavy atom. The van der Waals surface area contributed by atoms with Crippen LogP contribution in [0.1, 0.15) is 34.5 Å². The molecule has 0 radical (unpaired) electrons. The number of methoxy groups -OCH3 is 1. The average molecular weight is 447 g/mol. The summed E-state index contributed by atoms with van der Waals surface area (Å²) < 4.78 is 11.2. The van der Waals surface area contributed by atoms with E-state index in [1.165, 1.54) is 16.0 Å². The topological polar surface area (TPSA) is 62.2 Å². The van der Waals surface area contributed by atoms with E-state index < -0.39 is 6.10 Å². The molecule has 6 nitrogen and oxygen atoms in total. The van der Waals surface area contributed by atoms with E-state index in [1.54, 1.807) is 18.4 Å². The van der Waals surface area contributed by atoms with Gasteiger partial charge in [-0.05, 0) is 55.5 Å². The van der Waals surface area contributed by atoms with Crippen molar-refractivity contribution in [1.82, 2.24) is 9.80 Å². The Hall–Kier alpha value is -1.93. The second-order valence-electron chi connectivity index (χ2n) is 8.17. The number of carbonyl (C=O) groups excluding carboxylic acids is 1. The molecule has 1 N–H and O–H groups in total. The molecule has 0 fully saturated rings. The van der Waals surface area contributed by atoms with Crippen LogP contribution >= 0.6 is 11.3 Å². The molecule has 2 heterocycles. The molecular formula is C24H34N2O4S. The average Bonchev–Trinajstić information content (AvgIpc) is 3.21. The van der Waals surface area contributed by atoms with Gasteiger partial charge < -0.3 is 19.5 Å². The van der Waals surface area contributed by atoms with Crippen LogP contribution in [0.25, 0.3) is 0 Å². The lowest BCUT2D eigenvalue weighted by atomic mass is 10.00. The molecule has 0 saturated carbocycles. The number of ether oxygens (including phenoxy) is 2. The molecule has 0 unspecified atom stereocenters. The Balaban J connectivity index is 1.72. The number of hydrogen-bond donors (Lipinski definition) is 1. The van der Waals surface area contributed by atoms with Crippen molar-refractivity contribution >= 4 is 17.2 Å². The molecule has 170 valence electrons. The molecule has 2 atom stereocenters. The first-order chi connectivity index (χ1) is 14.9. The Kier molecular flexibility index (Phi) is 8.49. The van der Waals surface area contributed by atoms with Crippen molar-refractivity contribution < 1.29 is 19.4 Å². The predicted octanol–water partition coefficient (Wildman–Crippen LogP) is 3.20. The Labute approximate surface area is 189 Å². The van der Waals surface area contributed by atoms with Gasteiger partial charge in [-0.2, -0.15) is 0 Å². The van der Waals surface area contributed by atoms with Crippen molar-refractivity contribution in [3.63, 3.8) is 0 Å². The molecule has 1 aromatic heterocycles. The number of aliphatic hydroxyl groups is 1. The highest BCUT2D eigenvalue weighted by molar-refractivity contribution is 7.10. The number of amides is 1. The van der Waals surface area contributed by atoms with Crippen LogP contribution in [0, 0.1) is 13.8 Å². The van der Waals surface area contributed by atoms with E-state index in [-0.39, 0.29) is 25.1 Å². The number of carbonyl (C=O) groups is 1. The maximum Gasteiger partial charge on any atom is 0.237 e. The minimum absolute atomic E-state index is 0.0672. The number of aliphatic hydroxyl groups excluding tert-OH is 1. The second kappa shape index (κ2) is 11.1. The molecule has 1 aliphatic rings. The van der Waals surface area contributed by atoms with Crippen LogP contribution in [0.2, 0.25) is 0 Å². The zero-order chi connectivity index (χ0) is 22.4. The number of likely N-dealkylation sites (N-methyl/N-ethyl adjacent to an activating group) is 1. The first kappa shape index (κ1) is 23.7. The molecule has 31 heavy (non-hydrogen) atoms. The summed E-state index contributed by atoms with van der Waals surface area (Å²) in [4.78, 5) is 18.5. The van der Waals surface area contributed by atoms with Gasteiger partial charge in [-0.25, -0.2) is 0 Å². The van der Waals surface area contributed by atoms with Crippen molar-refractivity contribution in [2.24, 2.45) is 0 Å². The van der Waals surface area contributed by atoms with Gasteiger partial charge in [0, 0.05) is 25.1 Å². The number of fused-ring (bicyclic) bond motifs is 1. The van der Waals surface area contributed by atoms with E-state index in [2.05, 4.69) is 24.4 Å². The first-order valence-corrected chi connectivity index (χ1v) is 11.8. The van der Waals surface area contributed by atoms with Gasteiger partial charge in [0.15, 0.2) is 0 Å². The van der Waals surface area contributed by atoms with Gasteiger partial charge in [0.2, 0.25) is 5.91 Å². The van der Waals surface area contributed by atoms with Gasteiger partial charge >= 0.3 is 0 Å². The van der Waals surface area contributed by atoms with Gasteiger partial charge in [-0.15, -0.1) is 11.3 Å². The third-order valence-corrected chi connectivity index (χ3v) is 6.77. The van der Waals surface area contributed by atoms with Gasteiger partial charge in [0.25, 0.3) is 0 Å². The molecule has 1 aromatic carbocycles. The van der Waals surface area contributed by atoms with E-state index in [1.807, 2.05) is 35.8 Å². The van der Waals surface area contributed by atoms with Crippen LogP contribution in [-0.4, -0.2) is 73.4 Å². The van der Waals surface area contributed by atoms with Crippen LogP contribution < -0.4 is 4.74 Å². The highest BCUT2D eigenvalue weighted by Gasteiger charge is 2.33. The van der Waals surface area contributed by atoms with Crippen LogP contribution in [0.5, 0.6) is 5.75 Å². The lowest BCUT2D eigenvalue weighted by Crippen LogP contribution is -2.48. The lowest BCUT2D eigenvalue weighted by Gasteiger charge is -2.37. The summed E-state index contributed by atoms with van der Waals surface area (Å²) in [6.07, 6.45) is 0.267. The number of thiophene rings is 1. The number of aryl methyl sites for hydroxylation is 2. The van der Waals surface area contributed by atoms with Crippen LogP contribution in [0.15, 0.2) is 29.6 Å². The van der Waals surface area contributed by atoms with Crippen molar-refractivity contribution in [2.45, 2.75) is 39.3 Å². The van der Waals surface area contributed by atoms with Gasteiger partial charge in [-0.1, -0.05) is 24.6 Å². The summed E-state index contributed by atoms with van der Waals surface area (Å²) in [7, 11) is 1.57. The fourth-order valence-electron chi connectivity index (χ4n) is 4.14. The molecule has 2 aromatic rings. The normalized spacial score (nSPS) is 17.0. The van der Waals surface area contributed by atoms with Gasteiger partial charge in [-0.3, -0.25) is 9.69 Å². The summed E-state index contributed by atoms with van der Waals surface area (Å²) in [6, 6.07) is 8.18. The molecule has 1 aliphatic heterocycles. The number of rotatable bonds is 10. The molecule has 1 amide bonds. The van der Waals surface area contributed by atoms with Crippen molar-refractivity contribution in [2.75, 3.05) is 46.5 Å². The van der Waals surface area contributed by atoms with E-state index in [9.17, 15) is 9.90 Å².